The van der Waals surface area contributed by atoms with Crippen molar-refractivity contribution in [2.45, 2.75) is 13.0 Å². The molecule has 0 atom stereocenters. The molecule has 0 fully saturated rings. The molecule has 7 nitrogen and oxygen atoms in total. The van der Waals surface area contributed by atoms with Gasteiger partial charge in [-0.1, -0.05) is 12.1 Å². The van der Waals surface area contributed by atoms with E-state index in [9.17, 15) is 17.2 Å². The summed E-state index contributed by atoms with van der Waals surface area (Å²) in [7, 11) is -3.52. The highest BCUT2D eigenvalue weighted by Gasteiger charge is 2.19. The van der Waals surface area contributed by atoms with Crippen LogP contribution in [0.5, 0.6) is 0 Å². The molecule has 3 rings (SSSR count). The topological polar surface area (TPSA) is 89.2 Å². The molecule has 0 bridgehead atoms. The molecule has 0 aliphatic heterocycles. The van der Waals surface area contributed by atoms with E-state index >= 15 is 0 Å². The monoisotopic (exact) mass is 380 g/mol. The molecule has 0 amide bonds. The Morgan fingerprint density at radius 1 is 1.15 bits per heavy atom. The molecule has 2 heterocycles. The van der Waals surface area contributed by atoms with Gasteiger partial charge in [-0.3, -0.25) is 9.29 Å². The number of hydrogen-bond donors (Lipinski definition) is 0. The Morgan fingerprint density at radius 2 is 1.88 bits per heavy atom. The maximum Gasteiger partial charge on any atom is 0.314 e. The molecule has 1 aromatic carbocycles. The molecule has 0 aliphatic carbocycles. The van der Waals surface area contributed by atoms with Crippen LogP contribution in [0.25, 0.3) is 11.5 Å². The second-order valence-corrected chi connectivity index (χ2v) is 7.33. The number of alkyl halides is 2. The van der Waals surface area contributed by atoms with Crippen LogP contribution in [0.1, 0.15) is 17.9 Å². The van der Waals surface area contributed by atoms with Gasteiger partial charge in [0, 0.05) is 11.8 Å². The smallest absolute Gasteiger partial charge is 0.314 e. The first-order chi connectivity index (χ1) is 12.3. The van der Waals surface area contributed by atoms with Gasteiger partial charge >= 0.3 is 6.43 Å². The van der Waals surface area contributed by atoms with Crippen molar-refractivity contribution in [1.82, 2.24) is 15.2 Å². The number of sulfonamides is 1. The van der Waals surface area contributed by atoms with Gasteiger partial charge in [0.2, 0.25) is 15.9 Å². The average Bonchev–Trinajstić information content (AvgIpc) is 3.10. The normalized spacial score (nSPS) is 11.7. The van der Waals surface area contributed by atoms with Crippen molar-refractivity contribution in [3.05, 3.63) is 60.2 Å². The number of halogens is 2. The summed E-state index contributed by atoms with van der Waals surface area (Å²) in [5, 5.41) is 6.85. The number of anilines is 1. The average molecular weight is 380 g/mol. The second kappa shape index (κ2) is 7.16. The molecule has 0 saturated carbocycles. The first-order valence-corrected chi connectivity index (χ1v) is 9.28. The fourth-order valence-corrected chi connectivity index (χ4v) is 3.13. The summed E-state index contributed by atoms with van der Waals surface area (Å²) in [5.41, 5.74) is 1.59. The van der Waals surface area contributed by atoms with Gasteiger partial charge in [-0.05, 0) is 29.8 Å². The van der Waals surface area contributed by atoms with Crippen LogP contribution in [0.3, 0.4) is 0 Å². The molecule has 0 aliphatic rings. The zero-order valence-corrected chi connectivity index (χ0v) is 14.4. The molecule has 0 radical (unpaired) electrons. The Morgan fingerprint density at radius 3 is 2.42 bits per heavy atom. The highest BCUT2D eigenvalue weighted by atomic mass is 32.2. The van der Waals surface area contributed by atoms with E-state index in [1.165, 1.54) is 10.5 Å². The molecule has 0 N–H and O–H groups in total. The number of rotatable bonds is 6. The van der Waals surface area contributed by atoms with Crippen LogP contribution in [-0.2, 0) is 16.6 Å². The Bertz CT molecular complexity index is 976. The summed E-state index contributed by atoms with van der Waals surface area (Å²) in [6.45, 7) is 0.0942. The first kappa shape index (κ1) is 17.9. The van der Waals surface area contributed by atoms with E-state index in [-0.39, 0.29) is 12.4 Å². The van der Waals surface area contributed by atoms with Gasteiger partial charge in [0.25, 0.3) is 5.89 Å². The van der Waals surface area contributed by atoms with Gasteiger partial charge < -0.3 is 4.42 Å². The van der Waals surface area contributed by atoms with Gasteiger partial charge in [-0.15, -0.1) is 10.2 Å². The molecule has 3 aromatic rings. The molecule has 0 spiro atoms. The third-order valence-corrected chi connectivity index (χ3v) is 4.63. The van der Waals surface area contributed by atoms with Crippen LogP contribution in [0, 0.1) is 0 Å². The van der Waals surface area contributed by atoms with E-state index in [1.807, 2.05) is 0 Å². The predicted octanol–water partition coefficient (Wildman–Crippen LogP) is 3.04. The van der Waals surface area contributed by atoms with Crippen LogP contribution in [0.15, 0.2) is 53.2 Å². The molecule has 26 heavy (non-hydrogen) atoms. The van der Waals surface area contributed by atoms with E-state index in [0.29, 0.717) is 16.8 Å². The van der Waals surface area contributed by atoms with Gasteiger partial charge in [0.05, 0.1) is 24.7 Å². The van der Waals surface area contributed by atoms with Crippen LogP contribution < -0.4 is 4.31 Å². The van der Waals surface area contributed by atoms with Crippen molar-refractivity contribution < 1.29 is 21.6 Å². The largest absolute Gasteiger partial charge is 0.415 e. The van der Waals surface area contributed by atoms with Gasteiger partial charge in [0.1, 0.15) is 0 Å². The van der Waals surface area contributed by atoms with Crippen LogP contribution in [0.4, 0.5) is 14.5 Å². The van der Waals surface area contributed by atoms with Crippen LogP contribution in [-0.4, -0.2) is 29.9 Å². The lowest BCUT2D eigenvalue weighted by Crippen LogP contribution is -2.29. The van der Waals surface area contributed by atoms with Crippen molar-refractivity contribution in [3.8, 4) is 11.5 Å². The lowest BCUT2D eigenvalue weighted by Gasteiger charge is -2.22. The molecule has 10 heteroatoms. The van der Waals surface area contributed by atoms with Crippen molar-refractivity contribution in [2.75, 3.05) is 10.6 Å². The quantitative estimate of drug-likeness (QED) is 0.653. The third kappa shape index (κ3) is 4.02. The number of hydrogen-bond acceptors (Lipinski definition) is 6. The zero-order chi connectivity index (χ0) is 18.7. The Kier molecular flexibility index (Phi) is 4.94. The molecular formula is C16H14F2N4O3S. The summed E-state index contributed by atoms with van der Waals surface area (Å²) >= 11 is 0. The number of pyridine rings is 1. The number of nitrogens with zero attached hydrogens (tertiary/aromatic N) is 4. The van der Waals surface area contributed by atoms with Gasteiger partial charge in [-0.2, -0.15) is 8.78 Å². The van der Waals surface area contributed by atoms with Crippen molar-refractivity contribution in [1.29, 1.82) is 0 Å². The predicted molar refractivity (Wildman–Crippen MR) is 90.0 cm³/mol. The zero-order valence-electron chi connectivity index (χ0n) is 13.6. The molecule has 2 aromatic heterocycles. The van der Waals surface area contributed by atoms with Crippen molar-refractivity contribution in [3.63, 3.8) is 0 Å². The maximum absolute atomic E-state index is 12.5. The minimum atomic E-state index is -3.52. The van der Waals surface area contributed by atoms with Crippen LogP contribution in [0.2, 0.25) is 0 Å². The van der Waals surface area contributed by atoms with E-state index in [1.54, 1.807) is 42.6 Å². The van der Waals surface area contributed by atoms with E-state index in [4.69, 9.17) is 4.42 Å². The summed E-state index contributed by atoms with van der Waals surface area (Å²) in [5.74, 6) is -0.775. The lowest BCUT2D eigenvalue weighted by molar-refractivity contribution is 0.116. The highest BCUT2D eigenvalue weighted by Crippen LogP contribution is 2.24. The fourth-order valence-electron chi connectivity index (χ4n) is 2.26. The summed E-state index contributed by atoms with van der Waals surface area (Å²) < 4.78 is 55.3. The number of benzene rings is 1. The fraction of sp³-hybridized carbons (Fsp3) is 0.188. The standard InChI is InChI=1S/C16H14F2N4O3S/c1-26(23,24)22(13-3-2-8-19-9-13)10-11-4-6-12(7-5-11)15-20-21-16(25-15)14(17)18/h2-9,14H,10H2,1H3. The van der Waals surface area contributed by atoms with E-state index in [2.05, 4.69) is 15.2 Å². The second-order valence-electron chi connectivity index (χ2n) is 5.42. The molecule has 0 saturated heterocycles. The molecule has 136 valence electrons. The molecule has 0 unspecified atom stereocenters. The minimum Gasteiger partial charge on any atom is -0.415 e. The minimum absolute atomic E-state index is 0.0286. The van der Waals surface area contributed by atoms with Crippen molar-refractivity contribution in [2.24, 2.45) is 0 Å². The van der Waals surface area contributed by atoms with Crippen molar-refractivity contribution >= 4 is 15.7 Å². The summed E-state index contributed by atoms with van der Waals surface area (Å²) in [4.78, 5) is 3.94. The Balaban J connectivity index is 1.83. The maximum atomic E-state index is 12.5. The Hall–Kier alpha value is -2.88. The summed E-state index contributed by atoms with van der Waals surface area (Å²) in [6, 6.07) is 9.81. The highest BCUT2D eigenvalue weighted by molar-refractivity contribution is 7.92. The first-order valence-electron chi connectivity index (χ1n) is 7.43. The summed E-state index contributed by atoms with van der Waals surface area (Å²) in [6.07, 6.45) is 1.29. The Labute approximate surface area is 148 Å². The lowest BCUT2D eigenvalue weighted by atomic mass is 10.1. The van der Waals surface area contributed by atoms with Crippen LogP contribution >= 0.6 is 0 Å². The van der Waals surface area contributed by atoms with Gasteiger partial charge in [-0.25, -0.2) is 8.42 Å². The van der Waals surface area contributed by atoms with E-state index in [0.717, 1.165) is 6.26 Å². The molecular weight excluding hydrogens is 366 g/mol. The van der Waals surface area contributed by atoms with Gasteiger partial charge in [0.15, 0.2) is 0 Å². The van der Waals surface area contributed by atoms with E-state index < -0.39 is 22.3 Å². The SMILES string of the molecule is CS(=O)(=O)N(Cc1ccc(-c2nnc(C(F)F)o2)cc1)c1cccnc1. The third-order valence-electron chi connectivity index (χ3n) is 3.49. The number of aromatic nitrogens is 3.